The van der Waals surface area contributed by atoms with Gasteiger partial charge in [-0.15, -0.1) is 11.3 Å². The van der Waals surface area contributed by atoms with E-state index < -0.39 is 0 Å². The van der Waals surface area contributed by atoms with Crippen LogP contribution in [0, 0.1) is 6.92 Å². The number of amides is 3. The van der Waals surface area contributed by atoms with Crippen LogP contribution in [0.2, 0.25) is 0 Å². The zero-order valence-electron chi connectivity index (χ0n) is 23.7. The maximum absolute atomic E-state index is 13.5. The number of aryl methyl sites for hydroxylation is 2. The largest absolute Gasteiger partial charge is 0.337 e. The summed E-state index contributed by atoms with van der Waals surface area (Å²) in [6.45, 7) is 9.38. The Morgan fingerprint density at radius 3 is 2.75 bits per heavy atom. The van der Waals surface area contributed by atoms with E-state index in [4.69, 9.17) is 4.98 Å². The maximum Gasteiger partial charge on any atom is 0.268 e. The number of carbonyl (C=O) groups excluding carboxylic acids is 3. The Bertz CT molecular complexity index is 1440. The summed E-state index contributed by atoms with van der Waals surface area (Å²) in [5, 5.41) is 5.80. The summed E-state index contributed by atoms with van der Waals surface area (Å²) < 4.78 is 2.13. The first-order valence-electron chi connectivity index (χ1n) is 13.7. The van der Waals surface area contributed by atoms with Crippen molar-refractivity contribution in [2.75, 3.05) is 44.4 Å². The van der Waals surface area contributed by atoms with E-state index in [2.05, 4.69) is 34.8 Å². The summed E-state index contributed by atoms with van der Waals surface area (Å²) in [7, 11) is 3.94. The number of thiophene rings is 1. The number of benzene rings is 1. The molecule has 9 nitrogen and oxygen atoms in total. The number of nitrogens with zero attached hydrogens (tertiary/aromatic N) is 4. The number of anilines is 2. The molecule has 2 N–H and O–H groups in total. The van der Waals surface area contributed by atoms with Crippen molar-refractivity contribution in [3.63, 3.8) is 0 Å². The van der Waals surface area contributed by atoms with Crippen LogP contribution in [0.4, 0.5) is 11.6 Å². The number of likely N-dealkylation sites (tertiary alicyclic amines) is 1. The second-order valence-electron chi connectivity index (χ2n) is 10.3. The molecule has 212 valence electrons. The van der Waals surface area contributed by atoms with Crippen molar-refractivity contribution >= 4 is 51.7 Å². The summed E-state index contributed by atoms with van der Waals surface area (Å²) in [6, 6.07) is 7.66. The first-order valence-corrected chi connectivity index (χ1v) is 14.5. The molecule has 4 rings (SSSR count). The molecule has 1 fully saturated rings. The van der Waals surface area contributed by atoms with Gasteiger partial charge < -0.3 is 19.7 Å². The van der Waals surface area contributed by atoms with Crippen LogP contribution in [-0.4, -0.2) is 70.8 Å². The molecule has 0 spiro atoms. The number of aromatic nitrogens is 2. The molecule has 0 saturated carbocycles. The minimum absolute atomic E-state index is 0.00244. The van der Waals surface area contributed by atoms with E-state index in [1.807, 2.05) is 49.0 Å². The van der Waals surface area contributed by atoms with Crippen LogP contribution in [0.3, 0.4) is 0 Å². The van der Waals surface area contributed by atoms with Gasteiger partial charge >= 0.3 is 0 Å². The highest BCUT2D eigenvalue weighted by Crippen LogP contribution is 2.33. The van der Waals surface area contributed by atoms with Crippen LogP contribution in [0.25, 0.3) is 11.0 Å². The van der Waals surface area contributed by atoms with Crippen molar-refractivity contribution in [2.24, 2.45) is 0 Å². The molecular weight excluding hydrogens is 524 g/mol. The minimum atomic E-state index is -0.328. The number of rotatable bonds is 9. The fraction of sp³-hybridized carbons (Fsp3) is 0.400. The molecule has 1 aromatic carbocycles. The monoisotopic (exact) mass is 562 g/mol. The van der Waals surface area contributed by atoms with Gasteiger partial charge in [-0.1, -0.05) is 31.7 Å². The molecule has 1 aliphatic heterocycles. The highest BCUT2D eigenvalue weighted by Gasteiger charge is 2.28. The van der Waals surface area contributed by atoms with Gasteiger partial charge in [-0.25, -0.2) is 4.98 Å². The topological polar surface area (TPSA) is 99.6 Å². The summed E-state index contributed by atoms with van der Waals surface area (Å²) in [5.74, 6) is -0.158. The molecule has 0 bridgehead atoms. The lowest BCUT2D eigenvalue weighted by atomic mass is 10.1. The van der Waals surface area contributed by atoms with Crippen molar-refractivity contribution in [1.82, 2.24) is 19.4 Å². The summed E-state index contributed by atoms with van der Waals surface area (Å²) in [6.07, 6.45) is 8.33. The SMILES string of the molecule is C=CC(=O)Nc1cc(C(=O)Nc2nc3cccc(CC)c3n2[C@@H]2CCCCN(C(=O)/C=C/CN(C)C)C2)sc1C. The molecule has 10 heteroatoms. The zero-order chi connectivity index (χ0) is 28.8. The number of para-hydroxylation sites is 1. The number of fused-ring (bicyclic) bond motifs is 1. The molecule has 1 atom stereocenters. The van der Waals surface area contributed by atoms with Gasteiger partial charge in [0.1, 0.15) is 0 Å². The molecule has 0 aliphatic carbocycles. The number of hydrogen-bond donors (Lipinski definition) is 2. The molecule has 2 aromatic heterocycles. The number of carbonyl (C=O) groups is 3. The standard InChI is InChI=1S/C30H38N6O3S/c1-6-21-12-10-14-23-28(21)36(22-13-8-9-17-35(19-22)27(38)15-11-16-34(4)5)30(32-23)33-29(39)25-18-24(20(3)40-25)31-26(37)7-2/h7,10-12,14-15,18,22H,2,6,8-9,13,16-17,19H2,1,3-5H3,(H,31,37)(H,32,33,39)/b15-11+/t22-/m1/s1. The van der Waals surface area contributed by atoms with E-state index in [-0.39, 0.29) is 23.8 Å². The average molecular weight is 563 g/mol. The molecule has 3 heterocycles. The Labute approximate surface area is 239 Å². The van der Waals surface area contributed by atoms with E-state index in [1.165, 1.54) is 17.4 Å². The van der Waals surface area contributed by atoms with Gasteiger partial charge in [0.2, 0.25) is 17.8 Å². The highest BCUT2D eigenvalue weighted by molar-refractivity contribution is 7.14. The van der Waals surface area contributed by atoms with Crippen LogP contribution in [0.1, 0.15) is 52.3 Å². The van der Waals surface area contributed by atoms with Crippen molar-refractivity contribution in [1.29, 1.82) is 0 Å². The second kappa shape index (κ2) is 13.1. The molecule has 3 aromatic rings. The van der Waals surface area contributed by atoms with Gasteiger partial charge in [-0.05, 0) is 70.5 Å². The van der Waals surface area contributed by atoms with E-state index in [9.17, 15) is 14.4 Å². The molecule has 0 unspecified atom stereocenters. The van der Waals surface area contributed by atoms with Crippen molar-refractivity contribution in [3.8, 4) is 0 Å². The van der Waals surface area contributed by atoms with Gasteiger partial charge in [-0.3, -0.25) is 19.7 Å². The lowest BCUT2D eigenvalue weighted by molar-refractivity contribution is -0.126. The summed E-state index contributed by atoms with van der Waals surface area (Å²) >= 11 is 1.31. The summed E-state index contributed by atoms with van der Waals surface area (Å²) in [5.41, 5.74) is 3.52. The predicted molar refractivity (Wildman–Crippen MR) is 162 cm³/mol. The Kier molecular flexibility index (Phi) is 9.54. The highest BCUT2D eigenvalue weighted by atomic mass is 32.1. The van der Waals surface area contributed by atoms with Crippen LogP contribution in [-0.2, 0) is 16.0 Å². The fourth-order valence-electron chi connectivity index (χ4n) is 5.01. The maximum atomic E-state index is 13.5. The van der Waals surface area contributed by atoms with E-state index in [1.54, 1.807) is 12.1 Å². The molecule has 0 radical (unpaired) electrons. The summed E-state index contributed by atoms with van der Waals surface area (Å²) in [4.78, 5) is 48.4. The van der Waals surface area contributed by atoms with E-state index in [0.717, 1.165) is 47.2 Å². The molecule has 40 heavy (non-hydrogen) atoms. The zero-order valence-corrected chi connectivity index (χ0v) is 24.5. The lowest BCUT2D eigenvalue weighted by Crippen LogP contribution is -2.35. The minimum Gasteiger partial charge on any atom is -0.337 e. The third-order valence-corrected chi connectivity index (χ3v) is 8.09. The third kappa shape index (κ3) is 6.68. The van der Waals surface area contributed by atoms with Crippen molar-refractivity contribution in [3.05, 3.63) is 64.4 Å². The van der Waals surface area contributed by atoms with Crippen LogP contribution >= 0.6 is 11.3 Å². The number of nitrogens with one attached hydrogen (secondary N) is 2. The Morgan fingerprint density at radius 2 is 2.02 bits per heavy atom. The van der Waals surface area contributed by atoms with E-state index in [0.29, 0.717) is 36.1 Å². The molecule has 3 amide bonds. The normalized spacial score (nSPS) is 15.9. The second-order valence-corrected chi connectivity index (χ2v) is 11.5. The van der Waals surface area contributed by atoms with Gasteiger partial charge in [0.15, 0.2) is 0 Å². The number of hydrogen-bond acceptors (Lipinski definition) is 6. The Hall–Kier alpha value is -3.76. The molecular formula is C30H38N6O3S. The average Bonchev–Trinajstić information content (AvgIpc) is 3.37. The van der Waals surface area contributed by atoms with Crippen LogP contribution in [0.5, 0.6) is 0 Å². The van der Waals surface area contributed by atoms with Crippen molar-refractivity contribution < 1.29 is 14.4 Å². The molecule has 1 aliphatic rings. The first-order chi connectivity index (χ1) is 19.2. The quantitative estimate of drug-likeness (QED) is 0.357. The fourth-order valence-corrected chi connectivity index (χ4v) is 5.88. The van der Waals surface area contributed by atoms with Gasteiger partial charge in [0.25, 0.3) is 5.91 Å². The smallest absolute Gasteiger partial charge is 0.268 e. The lowest BCUT2D eigenvalue weighted by Gasteiger charge is -2.26. The first kappa shape index (κ1) is 29.2. The Morgan fingerprint density at radius 1 is 1.23 bits per heavy atom. The molecule has 1 saturated heterocycles. The van der Waals surface area contributed by atoms with Gasteiger partial charge in [0.05, 0.1) is 27.6 Å². The third-order valence-electron chi connectivity index (χ3n) is 7.04. The number of imidazole rings is 1. The predicted octanol–water partition coefficient (Wildman–Crippen LogP) is 5.02. The van der Waals surface area contributed by atoms with Crippen molar-refractivity contribution in [2.45, 2.75) is 45.6 Å². The van der Waals surface area contributed by atoms with Gasteiger partial charge in [-0.2, -0.15) is 0 Å². The van der Waals surface area contributed by atoms with Gasteiger partial charge in [0, 0.05) is 30.6 Å². The Balaban J connectivity index is 1.68. The van der Waals surface area contributed by atoms with Crippen LogP contribution < -0.4 is 10.6 Å². The number of likely N-dealkylation sites (N-methyl/N-ethyl adjacent to an activating group) is 1. The van der Waals surface area contributed by atoms with Crippen LogP contribution in [0.15, 0.2) is 49.1 Å². The van der Waals surface area contributed by atoms with E-state index >= 15 is 0 Å².